The van der Waals surface area contributed by atoms with E-state index in [2.05, 4.69) is 13.8 Å². The molecule has 0 amide bonds. The van der Waals surface area contributed by atoms with Crippen molar-refractivity contribution in [3.8, 4) is 0 Å². The second kappa shape index (κ2) is 6.53. The van der Waals surface area contributed by atoms with Gasteiger partial charge in [-0.1, -0.05) is 32.4 Å². The van der Waals surface area contributed by atoms with Gasteiger partial charge in [0.2, 0.25) is 0 Å². The van der Waals surface area contributed by atoms with E-state index in [0.717, 1.165) is 18.4 Å². The SMILES string of the molecule is Cc1cccc(S(=O)(=O)CCCCC(C)(C)CN)c1. The zero-order valence-corrected chi connectivity index (χ0v) is 13.0. The van der Waals surface area contributed by atoms with Crippen molar-refractivity contribution in [1.82, 2.24) is 0 Å². The summed E-state index contributed by atoms with van der Waals surface area (Å²) in [5.41, 5.74) is 6.75. The molecule has 1 aromatic rings. The van der Waals surface area contributed by atoms with E-state index in [9.17, 15) is 8.42 Å². The molecule has 2 N–H and O–H groups in total. The number of sulfone groups is 1. The van der Waals surface area contributed by atoms with Crippen LogP contribution in [-0.2, 0) is 9.84 Å². The van der Waals surface area contributed by atoms with Gasteiger partial charge in [0.05, 0.1) is 10.6 Å². The van der Waals surface area contributed by atoms with Crippen LogP contribution in [0.25, 0.3) is 0 Å². The highest BCUT2D eigenvalue weighted by Gasteiger charge is 2.17. The van der Waals surface area contributed by atoms with E-state index >= 15 is 0 Å². The molecule has 19 heavy (non-hydrogen) atoms. The topological polar surface area (TPSA) is 60.2 Å². The maximum Gasteiger partial charge on any atom is 0.178 e. The Morgan fingerprint density at radius 1 is 1.21 bits per heavy atom. The lowest BCUT2D eigenvalue weighted by atomic mass is 9.88. The van der Waals surface area contributed by atoms with Gasteiger partial charge < -0.3 is 5.73 Å². The van der Waals surface area contributed by atoms with Crippen LogP contribution >= 0.6 is 0 Å². The summed E-state index contributed by atoms with van der Waals surface area (Å²) in [6.07, 6.45) is 2.56. The van der Waals surface area contributed by atoms with Gasteiger partial charge in [0.1, 0.15) is 0 Å². The average molecular weight is 283 g/mol. The molecule has 1 aromatic carbocycles. The molecule has 0 radical (unpaired) electrons. The fourth-order valence-electron chi connectivity index (χ4n) is 1.92. The maximum absolute atomic E-state index is 12.2. The van der Waals surface area contributed by atoms with Crippen molar-refractivity contribution in [3.63, 3.8) is 0 Å². The van der Waals surface area contributed by atoms with Crippen LogP contribution in [0.2, 0.25) is 0 Å². The van der Waals surface area contributed by atoms with Crippen molar-refractivity contribution in [2.45, 2.75) is 44.9 Å². The molecular formula is C15H25NO2S. The Hall–Kier alpha value is -0.870. The van der Waals surface area contributed by atoms with Gasteiger partial charge in [-0.3, -0.25) is 0 Å². The predicted molar refractivity (Wildman–Crippen MR) is 79.9 cm³/mol. The van der Waals surface area contributed by atoms with E-state index in [-0.39, 0.29) is 11.2 Å². The molecule has 0 atom stereocenters. The van der Waals surface area contributed by atoms with Crippen molar-refractivity contribution in [2.75, 3.05) is 12.3 Å². The van der Waals surface area contributed by atoms with Crippen LogP contribution in [0, 0.1) is 12.3 Å². The highest BCUT2D eigenvalue weighted by Crippen LogP contribution is 2.22. The summed E-state index contributed by atoms with van der Waals surface area (Å²) in [6, 6.07) is 7.11. The molecule has 0 fully saturated rings. The molecule has 0 saturated carbocycles. The predicted octanol–water partition coefficient (Wildman–Crippen LogP) is 2.92. The molecule has 0 bridgehead atoms. The van der Waals surface area contributed by atoms with Crippen LogP contribution in [0.15, 0.2) is 29.2 Å². The third kappa shape index (κ3) is 5.33. The van der Waals surface area contributed by atoms with Gasteiger partial charge in [0, 0.05) is 0 Å². The van der Waals surface area contributed by atoms with Crippen LogP contribution < -0.4 is 5.73 Å². The lowest BCUT2D eigenvalue weighted by molar-refractivity contribution is 0.335. The van der Waals surface area contributed by atoms with Crippen LogP contribution in [0.4, 0.5) is 0 Å². The van der Waals surface area contributed by atoms with Crippen LogP contribution in [0.5, 0.6) is 0 Å². The molecule has 0 heterocycles. The average Bonchev–Trinajstić information content (AvgIpc) is 2.35. The number of hydrogen-bond acceptors (Lipinski definition) is 3. The number of benzene rings is 1. The summed E-state index contributed by atoms with van der Waals surface area (Å²) in [5.74, 6) is 0.219. The molecule has 4 heteroatoms. The smallest absolute Gasteiger partial charge is 0.178 e. The maximum atomic E-state index is 12.2. The normalized spacial score (nSPS) is 12.6. The summed E-state index contributed by atoms with van der Waals surface area (Å²) in [4.78, 5) is 0.436. The first-order valence-corrected chi connectivity index (χ1v) is 8.42. The molecule has 0 unspecified atom stereocenters. The van der Waals surface area contributed by atoms with Gasteiger partial charge in [-0.25, -0.2) is 8.42 Å². The molecule has 108 valence electrons. The molecule has 3 nitrogen and oxygen atoms in total. The number of unbranched alkanes of at least 4 members (excludes halogenated alkanes) is 1. The first kappa shape index (κ1) is 16.2. The van der Waals surface area contributed by atoms with Gasteiger partial charge in [0.25, 0.3) is 0 Å². The van der Waals surface area contributed by atoms with Crippen molar-refractivity contribution < 1.29 is 8.42 Å². The molecule has 0 aromatic heterocycles. The minimum absolute atomic E-state index is 0.104. The molecule has 0 aliphatic rings. The van der Waals surface area contributed by atoms with Crippen LogP contribution in [0.1, 0.15) is 38.7 Å². The van der Waals surface area contributed by atoms with E-state index in [1.807, 2.05) is 13.0 Å². The molecule has 0 aliphatic heterocycles. The summed E-state index contributed by atoms with van der Waals surface area (Å²) in [7, 11) is -3.14. The Labute approximate surface area is 117 Å². The number of nitrogens with two attached hydrogens (primary N) is 1. The molecule has 0 spiro atoms. The zero-order chi connectivity index (χ0) is 14.5. The Kier molecular flexibility index (Phi) is 5.56. The van der Waals surface area contributed by atoms with Crippen LogP contribution in [-0.4, -0.2) is 20.7 Å². The number of rotatable bonds is 7. The summed E-state index contributed by atoms with van der Waals surface area (Å²) < 4.78 is 24.3. The second-order valence-corrected chi connectivity index (χ2v) is 8.07. The first-order valence-electron chi connectivity index (χ1n) is 6.76. The molecule has 1 rings (SSSR count). The quantitative estimate of drug-likeness (QED) is 0.783. The summed E-state index contributed by atoms with van der Waals surface area (Å²) in [5, 5.41) is 0. The second-order valence-electron chi connectivity index (χ2n) is 5.96. The largest absolute Gasteiger partial charge is 0.330 e. The van der Waals surface area contributed by atoms with Gasteiger partial charge in [0.15, 0.2) is 9.84 Å². The molecule has 0 aliphatic carbocycles. The van der Waals surface area contributed by atoms with Crippen molar-refractivity contribution in [1.29, 1.82) is 0 Å². The Morgan fingerprint density at radius 2 is 1.89 bits per heavy atom. The lowest BCUT2D eigenvalue weighted by Gasteiger charge is -2.21. The lowest BCUT2D eigenvalue weighted by Crippen LogP contribution is -2.23. The molecular weight excluding hydrogens is 258 g/mol. The fraction of sp³-hybridized carbons (Fsp3) is 0.600. The van der Waals surface area contributed by atoms with Crippen LogP contribution in [0.3, 0.4) is 0 Å². The third-order valence-electron chi connectivity index (χ3n) is 3.42. The number of hydrogen-bond donors (Lipinski definition) is 1. The van der Waals surface area contributed by atoms with Crippen molar-refractivity contribution >= 4 is 9.84 Å². The Balaban J connectivity index is 2.53. The number of aryl methyl sites for hydroxylation is 1. The summed E-state index contributed by atoms with van der Waals surface area (Å²) in [6.45, 7) is 6.77. The Morgan fingerprint density at radius 3 is 2.47 bits per heavy atom. The first-order chi connectivity index (χ1) is 8.77. The third-order valence-corrected chi connectivity index (χ3v) is 5.22. The van der Waals surface area contributed by atoms with E-state index in [4.69, 9.17) is 5.73 Å². The van der Waals surface area contributed by atoms with Gasteiger partial charge in [-0.15, -0.1) is 0 Å². The minimum Gasteiger partial charge on any atom is -0.330 e. The molecule has 0 saturated heterocycles. The van der Waals surface area contributed by atoms with E-state index in [0.29, 0.717) is 17.9 Å². The van der Waals surface area contributed by atoms with Gasteiger partial charge in [-0.2, -0.15) is 0 Å². The Bertz CT molecular complexity index is 507. The van der Waals surface area contributed by atoms with Gasteiger partial charge in [-0.05, 0) is 49.4 Å². The van der Waals surface area contributed by atoms with Crippen molar-refractivity contribution in [3.05, 3.63) is 29.8 Å². The van der Waals surface area contributed by atoms with E-state index < -0.39 is 9.84 Å². The fourth-order valence-corrected chi connectivity index (χ4v) is 3.40. The minimum atomic E-state index is -3.14. The highest BCUT2D eigenvalue weighted by atomic mass is 32.2. The van der Waals surface area contributed by atoms with E-state index in [1.54, 1.807) is 18.2 Å². The van der Waals surface area contributed by atoms with Crippen molar-refractivity contribution in [2.24, 2.45) is 11.1 Å². The monoisotopic (exact) mass is 283 g/mol. The zero-order valence-electron chi connectivity index (χ0n) is 12.1. The highest BCUT2D eigenvalue weighted by molar-refractivity contribution is 7.91. The van der Waals surface area contributed by atoms with Gasteiger partial charge >= 0.3 is 0 Å². The van der Waals surface area contributed by atoms with E-state index in [1.165, 1.54) is 0 Å². The summed E-state index contributed by atoms with van der Waals surface area (Å²) >= 11 is 0. The standard InChI is InChI=1S/C15H25NO2S/c1-13-7-6-8-14(11-13)19(17,18)10-5-4-9-15(2,3)12-16/h6-8,11H,4-5,9-10,12,16H2,1-3H3.